The highest BCUT2D eigenvalue weighted by molar-refractivity contribution is 5.76. The summed E-state index contributed by atoms with van der Waals surface area (Å²) in [6.07, 6.45) is 4.38. The van der Waals surface area contributed by atoms with Gasteiger partial charge in [-0.3, -0.25) is 10.1 Å². The number of amides is 1. The number of carbonyl (C=O) groups excluding carboxylic acids is 2. The number of hydrogen-bond acceptors (Lipinski definition) is 9. The fraction of sp³-hybridized carbons (Fsp3) is 0.611. The summed E-state index contributed by atoms with van der Waals surface area (Å²) in [6.45, 7) is 7.18. The number of phenols is 1. The number of nitrogens with one attached hydrogen (secondary N) is 2. The summed E-state index contributed by atoms with van der Waals surface area (Å²) in [6, 6.07) is 12.8. The van der Waals surface area contributed by atoms with Crippen molar-refractivity contribution in [3.63, 3.8) is 0 Å². The smallest absolute Gasteiger partial charge is 0.407 e. The third-order valence-electron chi connectivity index (χ3n) is 10.6. The first-order chi connectivity index (χ1) is 22.0. The number of benzene rings is 2. The Balaban J connectivity index is 1.16. The molecule has 1 amide bonds. The third kappa shape index (κ3) is 5.73. The van der Waals surface area contributed by atoms with Crippen LogP contribution in [0.3, 0.4) is 0 Å². The molecule has 2 heterocycles. The van der Waals surface area contributed by atoms with Crippen LogP contribution in [0, 0.1) is 0 Å². The molecule has 10 heteroatoms. The number of rotatable bonds is 11. The molecule has 2 aromatic carbocycles. The number of piperidine rings is 1. The molecule has 2 aromatic rings. The second-order valence-corrected chi connectivity index (χ2v) is 14.4. The maximum absolute atomic E-state index is 13.6. The van der Waals surface area contributed by atoms with Gasteiger partial charge in [0, 0.05) is 31.3 Å². The molecule has 2 aliphatic carbocycles. The van der Waals surface area contributed by atoms with Crippen LogP contribution in [0.15, 0.2) is 42.5 Å². The first-order valence-corrected chi connectivity index (χ1v) is 16.7. The van der Waals surface area contributed by atoms with Gasteiger partial charge in [-0.2, -0.15) is 0 Å². The Morgan fingerprint density at radius 2 is 1.91 bits per heavy atom. The summed E-state index contributed by atoms with van der Waals surface area (Å²) < 4.78 is 24.5. The highest BCUT2D eigenvalue weighted by atomic mass is 16.6. The van der Waals surface area contributed by atoms with Crippen molar-refractivity contribution in [1.29, 1.82) is 0 Å². The lowest BCUT2D eigenvalue weighted by atomic mass is 9.48. The van der Waals surface area contributed by atoms with E-state index in [-0.39, 0.29) is 36.5 Å². The number of aromatic hydroxyl groups is 1. The number of methoxy groups -OCH3 is 1. The molecular weight excluding hydrogens is 586 g/mol. The van der Waals surface area contributed by atoms with E-state index in [2.05, 4.69) is 22.6 Å². The molecule has 0 aromatic heterocycles. The minimum absolute atomic E-state index is 0.155. The van der Waals surface area contributed by atoms with Gasteiger partial charge in [0.25, 0.3) is 0 Å². The minimum Gasteiger partial charge on any atom is -0.504 e. The molecule has 6 atom stereocenters. The zero-order chi connectivity index (χ0) is 32.7. The predicted octanol–water partition coefficient (Wildman–Crippen LogP) is 4.60. The van der Waals surface area contributed by atoms with Crippen molar-refractivity contribution in [2.24, 2.45) is 0 Å². The monoisotopic (exact) mass is 635 g/mol. The van der Waals surface area contributed by atoms with Gasteiger partial charge < -0.3 is 34.3 Å². The van der Waals surface area contributed by atoms with Crippen LogP contribution in [-0.4, -0.2) is 84.7 Å². The van der Waals surface area contributed by atoms with Crippen LogP contribution in [0.4, 0.5) is 4.79 Å². The lowest BCUT2D eigenvalue weighted by Crippen LogP contribution is -2.78. The van der Waals surface area contributed by atoms with Crippen molar-refractivity contribution in [2.45, 2.75) is 113 Å². The summed E-state index contributed by atoms with van der Waals surface area (Å²) in [5, 5.41) is 17.5. The van der Waals surface area contributed by atoms with E-state index in [4.69, 9.17) is 18.9 Å². The number of alkyl carbamates (subject to hydrolysis) is 1. The first-order valence-electron chi connectivity index (χ1n) is 16.7. The lowest BCUT2D eigenvalue weighted by molar-refractivity contribution is -0.204. The number of phenolic OH excluding ortho intramolecular Hbond substituents is 1. The van der Waals surface area contributed by atoms with Crippen LogP contribution >= 0.6 is 0 Å². The first kappa shape index (κ1) is 32.6. The molecule has 1 saturated carbocycles. The highest BCUT2D eigenvalue weighted by Gasteiger charge is 2.73. The Morgan fingerprint density at radius 3 is 2.65 bits per heavy atom. The normalized spacial score (nSPS) is 28.5. The summed E-state index contributed by atoms with van der Waals surface area (Å²) in [5.41, 5.74) is 1.69. The summed E-state index contributed by atoms with van der Waals surface area (Å²) in [5.74, 6) is 0.426. The van der Waals surface area contributed by atoms with E-state index in [1.165, 1.54) is 5.56 Å². The number of hydrogen-bond donors (Lipinski definition) is 3. The van der Waals surface area contributed by atoms with Crippen LogP contribution < -0.4 is 15.4 Å². The molecule has 0 radical (unpaired) electrons. The maximum atomic E-state index is 13.6. The van der Waals surface area contributed by atoms with Crippen LogP contribution in [0.5, 0.6) is 11.5 Å². The Hall–Kier alpha value is -3.34. The van der Waals surface area contributed by atoms with Gasteiger partial charge in [0.15, 0.2) is 11.5 Å². The largest absolute Gasteiger partial charge is 0.504 e. The summed E-state index contributed by atoms with van der Waals surface area (Å²) >= 11 is 0. The molecule has 250 valence electrons. The van der Waals surface area contributed by atoms with E-state index in [0.717, 1.165) is 43.4 Å². The summed E-state index contributed by atoms with van der Waals surface area (Å²) in [7, 11) is 4.00. The number of ether oxygens (including phenoxy) is 4. The third-order valence-corrected chi connectivity index (χ3v) is 10.6. The molecular formula is C36H49N3O7. The fourth-order valence-corrected chi connectivity index (χ4v) is 8.65. The Morgan fingerprint density at radius 1 is 1.13 bits per heavy atom. The molecule has 1 spiro atoms. The number of unbranched alkanes of at least 4 members (excludes halogenated alkanes) is 1. The zero-order valence-corrected chi connectivity index (χ0v) is 27.8. The van der Waals surface area contributed by atoms with E-state index in [1.54, 1.807) is 6.07 Å². The average Bonchev–Trinajstić information content (AvgIpc) is 3.38. The van der Waals surface area contributed by atoms with Gasteiger partial charge in [-0.1, -0.05) is 36.4 Å². The molecule has 46 heavy (non-hydrogen) atoms. The maximum Gasteiger partial charge on any atom is 0.407 e. The van der Waals surface area contributed by atoms with E-state index in [9.17, 15) is 14.7 Å². The van der Waals surface area contributed by atoms with Crippen LogP contribution in [0.1, 0.15) is 76.0 Å². The molecule has 2 bridgehead atoms. The molecule has 1 saturated heterocycles. The second kappa shape index (κ2) is 12.7. The van der Waals surface area contributed by atoms with Gasteiger partial charge in [0.1, 0.15) is 24.4 Å². The number of likely N-dealkylation sites (tertiary alicyclic amines) is 1. The van der Waals surface area contributed by atoms with E-state index < -0.39 is 28.8 Å². The summed E-state index contributed by atoms with van der Waals surface area (Å²) in [4.78, 5) is 28.2. The standard InChI is InChI=1S/C36H49N3O7/c1-34(2,3)46-32(41)26(13-9-10-19-37-33(42)44-22-23-11-7-6-8-12-23)38-25-16-17-36(43-5)28-21-24-14-15-27(40)30-29(24)35(36,31(25)45-30)18-20-39(28)4/h6-8,11-12,14-15,25-26,28,31,38,40H,9-10,13,16-22H2,1-5H3,(H,37,42)/t25-,26+,28?,31+,35?,36-/m1/s1. The molecule has 4 aliphatic rings. The van der Waals surface area contributed by atoms with E-state index in [1.807, 2.05) is 64.3 Å². The number of nitrogens with zero attached hydrogens (tertiary/aromatic N) is 1. The molecule has 2 fully saturated rings. The van der Waals surface area contributed by atoms with Crippen LogP contribution in [0.2, 0.25) is 0 Å². The molecule has 2 aliphatic heterocycles. The molecule has 6 rings (SSSR count). The molecule has 2 unspecified atom stereocenters. The van der Waals surface area contributed by atoms with Crippen LogP contribution in [-0.2, 0) is 37.4 Å². The van der Waals surface area contributed by atoms with Gasteiger partial charge >= 0.3 is 12.1 Å². The van der Waals surface area contributed by atoms with Crippen molar-refractivity contribution >= 4 is 12.1 Å². The Bertz CT molecular complexity index is 1430. The SMILES string of the molecule is CO[C@@]12CC[C@@H](N[C@@H](CCCCNC(=O)OCc3ccccc3)C(=O)OC(C)(C)C)[C@@H]3Oc4c(O)ccc5c4C31CCN(C)C2C5. The number of carbonyl (C=O) groups is 2. The number of likely N-dealkylation sites (N-methyl/N-ethyl adjacent to an activating group) is 1. The van der Waals surface area contributed by atoms with Gasteiger partial charge in [-0.15, -0.1) is 0 Å². The van der Waals surface area contributed by atoms with Gasteiger partial charge in [-0.05, 0) is 96.5 Å². The zero-order valence-electron chi connectivity index (χ0n) is 27.8. The highest BCUT2D eigenvalue weighted by Crippen LogP contribution is 2.66. The Kier molecular flexibility index (Phi) is 8.99. The topological polar surface area (TPSA) is 119 Å². The number of esters is 1. The van der Waals surface area contributed by atoms with Crippen LogP contribution in [0.25, 0.3) is 0 Å². The second-order valence-electron chi connectivity index (χ2n) is 14.4. The quantitative estimate of drug-likeness (QED) is 0.241. The predicted molar refractivity (Wildman–Crippen MR) is 173 cm³/mol. The molecule has 3 N–H and O–H groups in total. The average molecular weight is 636 g/mol. The Labute approximate surface area is 272 Å². The van der Waals surface area contributed by atoms with Crippen molar-refractivity contribution in [3.8, 4) is 11.5 Å². The van der Waals surface area contributed by atoms with Crippen molar-refractivity contribution in [3.05, 3.63) is 59.2 Å². The van der Waals surface area contributed by atoms with E-state index in [0.29, 0.717) is 31.6 Å². The molecule has 10 nitrogen and oxygen atoms in total. The fourth-order valence-electron chi connectivity index (χ4n) is 8.65. The van der Waals surface area contributed by atoms with Gasteiger partial charge in [0.05, 0.1) is 11.0 Å². The lowest BCUT2D eigenvalue weighted by Gasteiger charge is -2.65. The van der Waals surface area contributed by atoms with Gasteiger partial charge in [0.2, 0.25) is 0 Å². The minimum atomic E-state index is -0.636. The van der Waals surface area contributed by atoms with Crippen molar-refractivity contribution < 1.29 is 33.6 Å². The van der Waals surface area contributed by atoms with Crippen molar-refractivity contribution in [1.82, 2.24) is 15.5 Å². The van der Waals surface area contributed by atoms with E-state index >= 15 is 0 Å². The van der Waals surface area contributed by atoms with Crippen molar-refractivity contribution in [2.75, 3.05) is 27.2 Å². The van der Waals surface area contributed by atoms with Gasteiger partial charge in [-0.25, -0.2) is 4.79 Å².